The maximum Gasteiger partial charge on any atom is 0.267 e. The number of fused-ring (bicyclic) bond motifs is 3. The summed E-state index contributed by atoms with van der Waals surface area (Å²) < 4.78 is 7.26. The van der Waals surface area contributed by atoms with Crippen LogP contribution in [0.15, 0.2) is 53.3 Å². The first-order valence-electron chi connectivity index (χ1n) is 9.32. The van der Waals surface area contributed by atoms with Crippen LogP contribution < -0.4 is 10.3 Å². The lowest BCUT2D eigenvalue weighted by atomic mass is 9.71. The number of ether oxygens (including phenoxy) is 1. The van der Waals surface area contributed by atoms with Crippen LogP contribution >= 0.6 is 0 Å². The normalized spacial score (nSPS) is 19.5. The smallest absolute Gasteiger partial charge is 0.267 e. The molecule has 4 heteroatoms. The van der Waals surface area contributed by atoms with E-state index in [9.17, 15) is 9.90 Å². The molecular formula is C23H21NO3. The molecule has 27 heavy (non-hydrogen) atoms. The number of aromatic nitrogens is 1. The summed E-state index contributed by atoms with van der Waals surface area (Å²) in [6.45, 7) is 2.17. The van der Waals surface area contributed by atoms with Crippen LogP contribution in [0.2, 0.25) is 0 Å². The van der Waals surface area contributed by atoms with E-state index >= 15 is 0 Å². The minimum absolute atomic E-state index is 0.142. The molecule has 2 aromatic carbocycles. The number of benzene rings is 2. The molecule has 4 nitrogen and oxygen atoms in total. The van der Waals surface area contributed by atoms with Gasteiger partial charge in [0.15, 0.2) is 0 Å². The summed E-state index contributed by atoms with van der Waals surface area (Å²) in [5.74, 6) is 0.929. The van der Waals surface area contributed by atoms with Crippen molar-refractivity contribution in [3.63, 3.8) is 0 Å². The van der Waals surface area contributed by atoms with Crippen LogP contribution in [0.3, 0.4) is 0 Å². The first-order valence-corrected chi connectivity index (χ1v) is 9.32. The summed E-state index contributed by atoms with van der Waals surface area (Å²) in [7, 11) is 1.66. The zero-order valence-electron chi connectivity index (χ0n) is 15.5. The van der Waals surface area contributed by atoms with Crippen LogP contribution in [0.5, 0.6) is 11.5 Å². The Morgan fingerprint density at radius 1 is 1.15 bits per heavy atom. The van der Waals surface area contributed by atoms with Gasteiger partial charge < -0.3 is 9.84 Å². The van der Waals surface area contributed by atoms with Gasteiger partial charge in [-0.3, -0.25) is 9.36 Å². The van der Waals surface area contributed by atoms with Gasteiger partial charge in [-0.2, -0.15) is 0 Å². The third-order valence-corrected chi connectivity index (χ3v) is 6.18. The number of nitrogens with zero attached hydrogens (tertiary/aromatic N) is 1. The van der Waals surface area contributed by atoms with Crippen molar-refractivity contribution in [2.24, 2.45) is 0 Å². The van der Waals surface area contributed by atoms with Gasteiger partial charge in [-0.05, 0) is 55.5 Å². The predicted octanol–water partition coefficient (Wildman–Crippen LogP) is 4.17. The fourth-order valence-electron chi connectivity index (χ4n) is 4.90. The van der Waals surface area contributed by atoms with Gasteiger partial charge in [0, 0.05) is 16.7 Å². The molecule has 2 aliphatic rings. The first-order chi connectivity index (χ1) is 13.1. The molecule has 0 bridgehead atoms. The maximum absolute atomic E-state index is 13.6. The van der Waals surface area contributed by atoms with E-state index in [1.54, 1.807) is 7.11 Å². The standard InChI is InChI=1S/C23H21NO3/c1-23-12-6-9-16-20(25)19(14-7-4-3-5-8-14)22(26)24(21(16)23)18-11-10-15(27-2)13-17(18)23/h3-5,7-8,10-11,13,25H,6,9,12H2,1-2H3/t23-/m0/s1. The third-order valence-electron chi connectivity index (χ3n) is 6.18. The van der Waals surface area contributed by atoms with Gasteiger partial charge in [-0.1, -0.05) is 30.3 Å². The number of rotatable bonds is 2. The van der Waals surface area contributed by atoms with Crippen molar-refractivity contribution in [2.75, 3.05) is 7.11 Å². The van der Waals surface area contributed by atoms with Gasteiger partial charge in [0.05, 0.1) is 18.4 Å². The Labute approximate surface area is 157 Å². The summed E-state index contributed by atoms with van der Waals surface area (Å²) in [5.41, 5.74) is 4.54. The van der Waals surface area contributed by atoms with Gasteiger partial charge >= 0.3 is 0 Å². The van der Waals surface area contributed by atoms with Crippen molar-refractivity contribution in [2.45, 2.75) is 31.6 Å². The topological polar surface area (TPSA) is 51.5 Å². The van der Waals surface area contributed by atoms with Crippen molar-refractivity contribution in [3.8, 4) is 28.3 Å². The third kappa shape index (κ3) is 2.01. The minimum Gasteiger partial charge on any atom is -0.507 e. The van der Waals surface area contributed by atoms with E-state index in [4.69, 9.17) is 4.74 Å². The molecule has 1 aliphatic carbocycles. The second-order valence-electron chi connectivity index (χ2n) is 7.63. The van der Waals surface area contributed by atoms with Crippen LogP contribution in [-0.4, -0.2) is 16.8 Å². The van der Waals surface area contributed by atoms with Crippen LogP contribution in [-0.2, 0) is 11.8 Å². The molecule has 0 fully saturated rings. The zero-order valence-corrected chi connectivity index (χ0v) is 15.5. The highest BCUT2D eigenvalue weighted by molar-refractivity contribution is 5.75. The Morgan fingerprint density at radius 3 is 2.67 bits per heavy atom. The second kappa shape index (κ2) is 5.49. The fraction of sp³-hybridized carbons (Fsp3) is 0.261. The molecular weight excluding hydrogens is 338 g/mol. The molecule has 136 valence electrons. The van der Waals surface area contributed by atoms with Gasteiger partial charge in [0.25, 0.3) is 5.56 Å². The SMILES string of the molecule is COc1ccc2c(c1)[C@]1(C)CCCc3c(O)c(-c4ccccc4)c(=O)n-2c31. The van der Waals surface area contributed by atoms with E-state index in [0.717, 1.165) is 53.1 Å². The summed E-state index contributed by atoms with van der Waals surface area (Å²) in [6.07, 6.45) is 2.70. The lowest BCUT2D eigenvalue weighted by Gasteiger charge is -2.33. The van der Waals surface area contributed by atoms with Crippen LogP contribution in [0, 0.1) is 0 Å². The van der Waals surface area contributed by atoms with Gasteiger partial charge in [-0.25, -0.2) is 0 Å². The largest absolute Gasteiger partial charge is 0.507 e. The van der Waals surface area contributed by atoms with E-state index in [1.807, 2.05) is 53.1 Å². The van der Waals surface area contributed by atoms with Crippen LogP contribution in [0.25, 0.3) is 16.8 Å². The Morgan fingerprint density at radius 2 is 1.93 bits per heavy atom. The number of hydrogen-bond acceptors (Lipinski definition) is 3. The summed E-state index contributed by atoms with van der Waals surface area (Å²) in [4.78, 5) is 13.6. The molecule has 3 aromatic rings. The fourth-order valence-corrected chi connectivity index (χ4v) is 4.90. The van der Waals surface area contributed by atoms with Crippen molar-refractivity contribution < 1.29 is 9.84 Å². The highest BCUT2D eigenvalue weighted by Gasteiger charge is 2.46. The average molecular weight is 359 g/mol. The Bertz CT molecular complexity index is 1130. The summed E-state index contributed by atoms with van der Waals surface area (Å²) >= 11 is 0. The molecule has 1 aliphatic heterocycles. The molecule has 0 saturated carbocycles. The highest BCUT2D eigenvalue weighted by atomic mass is 16.5. The Hall–Kier alpha value is -3.01. The molecule has 0 spiro atoms. The highest BCUT2D eigenvalue weighted by Crippen LogP contribution is 2.52. The second-order valence-corrected chi connectivity index (χ2v) is 7.63. The number of aromatic hydroxyl groups is 1. The molecule has 1 N–H and O–H groups in total. The van der Waals surface area contributed by atoms with Crippen molar-refractivity contribution >= 4 is 0 Å². The van der Waals surface area contributed by atoms with Crippen molar-refractivity contribution in [3.05, 3.63) is 75.7 Å². The van der Waals surface area contributed by atoms with Crippen LogP contribution in [0.4, 0.5) is 0 Å². The molecule has 1 aromatic heterocycles. The van der Waals surface area contributed by atoms with Crippen molar-refractivity contribution in [1.29, 1.82) is 0 Å². The zero-order chi connectivity index (χ0) is 18.8. The maximum atomic E-state index is 13.6. The monoisotopic (exact) mass is 359 g/mol. The van der Waals surface area contributed by atoms with Crippen molar-refractivity contribution in [1.82, 2.24) is 4.57 Å². The number of methoxy groups -OCH3 is 1. The molecule has 0 amide bonds. The van der Waals surface area contributed by atoms with E-state index in [-0.39, 0.29) is 16.7 Å². The number of hydrogen-bond donors (Lipinski definition) is 1. The van der Waals surface area contributed by atoms with E-state index in [2.05, 4.69) is 6.92 Å². The summed E-state index contributed by atoms with van der Waals surface area (Å²) in [6, 6.07) is 15.3. The quantitative estimate of drug-likeness (QED) is 0.747. The number of pyridine rings is 1. The van der Waals surface area contributed by atoms with E-state index in [0.29, 0.717) is 5.56 Å². The average Bonchev–Trinajstić information content (AvgIpc) is 2.96. The van der Waals surface area contributed by atoms with Gasteiger partial charge in [0.1, 0.15) is 11.5 Å². The van der Waals surface area contributed by atoms with Gasteiger partial charge in [0.2, 0.25) is 0 Å². The molecule has 0 radical (unpaired) electrons. The Kier molecular flexibility index (Phi) is 3.29. The van der Waals surface area contributed by atoms with Gasteiger partial charge in [-0.15, -0.1) is 0 Å². The van der Waals surface area contributed by atoms with Crippen LogP contribution in [0.1, 0.15) is 36.6 Å². The van der Waals surface area contributed by atoms with E-state index in [1.165, 1.54) is 0 Å². The predicted molar refractivity (Wildman–Crippen MR) is 105 cm³/mol. The molecule has 5 rings (SSSR count). The Balaban J connectivity index is 1.92. The molecule has 0 unspecified atom stereocenters. The molecule has 0 saturated heterocycles. The van der Waals surface area contributed by atoms with E-state index < -0.39 is 0 Å². The molecule has 1 atom stereocenters. The molecule has 2 heterocycles. The lowest BCUT2D eigenvalue weighted by molar-refractivity contribution is 0.408. The summed E-state index contributed by atoms with van der Waals surface area (Å²) in [5, 5.41) is 11.1. The minimum atomic E-state index is -0.288. The lowest BCUT2D eigenvalue weighted by Crippen LogP contribution is -2.31. The first kappa shape index (κ1) is 16.2.